The molecule has 0 spiro atoms. The number of hydrogen-bond acceptors (Lipinski definition) is 2. The second-order valence-electron chi connectivity index (χ2n) is 6.54. The smallest absolute Gasteiger partial charge is 0.315 e. The van der Waals surface area contributed by atoms with Crippen molar-refractivity contribution < 1.29 is 18.4 Å². The van der Waals surface area contributed by atoms with E-state index in [0.29, 0.717) is 12.5 Å². The number of hydrogen-bond donors (Lipinski definition) is 3. The molecule has 0 saturated heterocycles. The lowest BCUT2D eigenvalue weighted by molar-refractivity contribution is -0.122. The van der Waals surface area contributed by atoms with Crippen LogP contribution in [0.4, 0.5) is 13.6 Å². The number of amides is 3. The SMILES string of the molecule is C#CCNC(=O)[C@H](Cc1cc(F)cc(F)c1)NC(=O)NCCC(C)CCC. The zero-order valence-corrected chi connectivity index (χ0v) is 15.8. The van der Waals surface area contributed by atoms with Gasteiger partial charge in [0.2, 0.25) is 5.91 Å². The third-order valence-electron chi connectivity index (χ3n) is 4.05. The standard InChI is InChI=1S/C20H27F2N3O2/c1-4-6-14(3)7-9-24-20(27)25-18(19(26)23-8-5-2)12-15-10-16(21)13-17(22)11-15/h2,10-11,13-14,18H,4,6-9,12H2,1,3H3,(H,23,26)(H2,24,25,27)/t14?,18-/m0/s1. The van der Waals surface area contributed by atoms with Gasteiger partial charge in [-0.05, 0) is 30.0 Å². The molecular weight excluding hydrogens is 352 g/mol. The minimum Gasteiger partial charge on any atom is -0.343 e. The molecule has 0 heterocycles. The van der Waals surface area contributed by atoms with Gasteiger partial charge in [0.15, 0.2) is 0 Å². The van der Waals surface area contributed by atoms with Crippen LogP contribution < -0.4 is 16.0 Å². The van der Waals surface area contributed by atoms with Crippen molar-refractivity contribution in [2.75, 3.05) is 13.1 Å². The van der Waals surface area contributed by atoms with Crippen molar-refractivity contribution >= 4 is 11.9 Å². The molecule has 0 aliphatic heterocycles. The molecule has 148 valence electrons. The van der Waals surface area contributed by atoms with Crippen molar-refractivity contribution in [3.63, 3.8) is 0 Å². The molecule has 2 atom stereocenters. The van der Waals surface area contributed by atoms with Crippen LogP contribution in [0.5, 0.6) is 0 Å². The first-order chi connectivity index (χ1) is 12.8. The number of carbonyl (C=O) groups is 2. The van der Waals surface area contributed by atoms with Gasteiger partial charge < -0.3 is 16.0 Å². The average molecular weight is 379 g/mol. The predicted molar refractivity (Wildman–Crippen MR) is 101 cm³/mol. The number of halogens is 2. The van der Waals surface area contributed by atoms with E-state index in [4.69, 9.17) is 6.42 Å². The summed E-state index contributed by atoms with van der Waals surface area (Å²) < 4.78 is 26.8. The first-order valence-corrected chi connectivity index (χ1v) is 9.06. The van der Waals surface area contributed by atoms with Gasteiger partial charge in [-0.15, -0.1) is 6.42 Å². The highest BCUT2D eigenvalue weighted by atomic mass is 19.1. The van der Waals surface area contributed by atoms with Crippen molar-refractivity contribution in [2.45, 2.75) is 45.6 Å². The van der Waals surface area contributed by atoms with E-state index in [2.05, 4.69) is 35.7 Å². The van der Waals surface area contributed by atoms with Crippen LogP contribution in [0, 0.1) is 29.9 Å². The summed E-state index contributed by atoms with van der Waals surface area (Å²) >= 11 is 0. The molecule has 0 aliphatic carbocycles. The molecule has 1 unspecified atom stereocenters. The minimum atomic E-state index is -1.01. The summed E-state index contributed by atoms with van der Waals surface area (Å²) in [6, 6.07) is 1.46. The van der Waals surface area contributed by atoms with Crippen LogP contribution in [-0.2, 0) is 11.2 Å². The fraction of sp³-hybridized carbons (Fsp3) is 0.500. The molecule has 0 bridgehead atoms. The molecule has 3 amide bonds. The Labute approximate surface area is 159 Å². The average Bonchev–Trinajstić information content (AvgIpc) is 2.58. The van der Waals surface area contributed by atoms with E-state index < -0.39 is 29.6 Å². The number of rotatable bonds is 10. The Morgan fingerprint density at radius 3 is 2.41 bits per heavy atom. The van der Waals surface area contributed by atoms with Crippen LogP contribution in [0.1, 0.15) is 38.7 Å². The summed E-state index contributed by atoms with van der Waals surface area (Å²) in [6.45, 7) is 4.67. The van der Waals surface area contributed by atoms with Crippen molar-refractivity contribution in [3.05, 3.63) is 35.4 Å². The van der Waals surface area contributed by atoms with Crippen LogP contribution in [0.3, 0.4) is 0 Å². The molecule has 0 radical (unpaired) electrons. The Morgan fingerprint density at radius 2 is 1.81 bits per heavy atom. The van der Waals surface area contributed by atoms with E-state index in [1.54, 1.807) is 0 Å². The van der Waals surface area contributed by atoms with Crippen molar-refractivity contribution in [1.29, 1.82) is 0 Å². The summed E-state index contributed by atoms with van der Waals surface area (Å²) in [5.41, 5.74) is 0.255. The summed E-state index contributed by atoms with van der Waals surface area (Å²) in [4.78, 5) is 24.3. The molecule has 1 rings (SSSR count). The van der Waals surface area contributed by atoms with Crippen LogP contribution in [0.2, 0.25) is 0 Å². The van der Waals surface area contributed by atoms with Crippen LogP contribution in [-0.4, -0.2) is 31.1 Å². The van der Waals surface area contributed by atoms with Crippen LogP contribution >= 0.6 is 0 Å². The molecule has 5 nitrogen and oxygen atoms in total. The van der Waals surface area contributed by atoms with E-state index in [1.807, 2.05) is 0 Å². The molecule has 0 fully saturated rings. The topological polar surface area (TPSA) is 70.2 Å². The van der Waals surface area contributed by atoms with Gasteiger partial charge >= 0.3 is 6.03 Å². The fourth-order valence-electron chi connectivity index (χ4n) is 2.71. The molecule has 0 saturated carbocycles. The molecule has 1 aromatic carbocycles. The van der Waals surface area contributed by atoms with Gasteiger partial charge in [-0.3, -0.25) is 4.79 Å². The van der Waals surface area contributed by atoms with E-state index in [9.17, 15) is 18.4 Å². The highest BCUT2D eigenvalue weighted by Gasteiger charge is 2.21. The number of nitrogens with one attached hydrogen (secondary N) is 3. The van der Waals surface area contributed by atoms with Gasteiger partial charge in [0, 0.05) is 19.0 Å². The van der Waals surface area contributed by atoms with Gasteiger partial charge in [0.25, 0.3) is 0 Å². The Hall–Kier alpha value is -2.62. The van der Waals surface area contributed by atoms with Crippen molar-refractivity contribution in [1.82, 2.24) is 16.0 Å². The summed E-state index contributed by atoms with van der Waals surface area (Å²) in [5, 5.41) is 7.72. The Morgan fingerprint density at radius 1 is 1.15 bits per heavy atom. The first kappa shape index (κ1) is 22.4. The highest BCUT2D eigenvalue weighted by Crippen LogP contribution is 2.11. The van der Waals surface area contributed by atoms with Crippen molar-refractivity contribution in [3.8, 4) is 12.3 Å². The van der Waals surface area contributed by atoms with Gasteiger partial charge in [-0.2, -0.15) is 0 Å². The van der Waals surface area contributed by atoms with Gasteiger partial charge in [-0.1, -0.05) is 32.6 Å². The zero-order chi connectivity index (χ0) is 20.2. The number of urea groups is 1. The van der Waals surface area contributed by atoms with E-state index in [-0.39, 0.29) is 18.5 Å². The van der Waals surface area contributed by atoms with Crippen LogP contribution in [0.15, 0.2) is 18.2 Å². The lowest BCUT2D eigenvalue weighted by Gasteiger charge is -2.19. The second-order valence-corrected chi connectivity index (χ2v) is 6.54. The molecule has 0 aliphatic rings. The quantitative estimate of drug-likeness (QED) is 0.547. The van der Waals surface area contributed by atoms with Gasteiger partial charge in [-0.25, -0.2) is 13.6 Å². The maximum atomic E-state index is 13.4. The highest BCUT2D eigenvalue weighted by molar-refractivity contribution is 5.87. The van der Waals surface area contributed by atoms with Gasteiger partial charge in [0.05, 0.1) is 6.54 Å². The first-order valence-electron chi connectivity index (χ1n) is 9.06. The summed E-state index contributed by atoms with van der Waals surface area (Å²) in [7, 11) is 0. The van der Waals surface area contributed by atoms with Gasteiger partial charge in [0.1, 0.15) is 17.7 Å². The Balaban J connectivity index is 2.69. The number of benzene rings is 1. The van der Waals surface area contributed by atoms with E-state index in [0.717, 1.165) is 37.5 Å². The van der Waals surface area contributed by atoms with E-state index >= 15 is 0 Å². The maximum Gasteiger partial charge on any atom is 0.315 e. The third-order valence-corrected chi connectivity index (χ3v) is 4.05. The Bertz CT molecular complexity index is 653. The number of terminal acetylenes is 1. The largest absolute Gasteiger partial charge is 0.343 e. The number of carbonyl (C=O) groups excluding carboxylic acids is 2. The molecule has 0 aromatic heterocycles. The maximum absolute atomic E-state index is 13.4. The molecule has 7 heteroatoms. The van der Waals surface area contributed by atoms with E-state index in [1.165, 1.54) is 0 Å². The lowest BCUT2D eigenvalue weighted by atomic mass is 10.0. The second kappa shape index (κ2) is 11.9. The normalized spacial score (nSPS) is 12.6. The lowest BCUT2D eigenvalue weighted by Crippen LogP contribution is -2.51. The summed E-state index contributed by atoms with van der Waals surface area (Å²) in [5.74, 6) is 0.736. The molecule has 27 heavy (non-hydrogen) atoms. The third kappa shape index (κ3) is 9.04. The zero-order valence-electron chi connectivity index (χ0n) is 15.8. The molecular formula is C20H27F2N3O2. The molecule has 3 N–H and O–H groups in total. The minimum absolute atomic E-state index is 0.00925. The van der Waals surface area contributed by atoms with Crippen molar-refractivity contribution in [2.24, 2.45) is 5.92 Å². The molecule has 1 aromatic rings. The predicted octanol–water partition coefficient (Wildman–Crippen LogP) is 2.75. The Kier molecular flexibility index (Phi) is 9.88. The fourth-order valence-corrected chi connectivity index (χ4v) is 2.71. The summed E-state index contributed by atoms with van der Waals surface area (Å²) in [6.07, 6.45) is 8.04. The van der Waals surface area contributed by atoms with Crippen LogP contribution in [0.25, 0.3) is 0 Å². The monoisotopic (exact) mass is 379 g/mol.